The van der Waals surface area contributed by atoms with Gasteiger partial charge in [-0.2, -0.15) is 5.26 Å². The minimum atomic E-state index is -3.97. The smallest absolute Gasteiger partial charge is 0.331 e. The van der Waals surface area contributed by atoms with E-state index in [1.807, 2.05) is 13.8 Å². The van der Waals surface area contributed by atoms with Crippen LogP contribution in [0.5, 0.6) is 0 Å². The lowest BCUT2D eigenvalue weighted by molar-refractivity contribution is -0.144. The second-order valence-electron chi connectivity index (χ2n) is 5.31. The number of ether oxygens (including phenoxy) is 1. The van der Waals surface area contributed by atoms with Crippen LogP contribution in [-0.2, 0) is 19.6 Å². The minimum absolute atomic E-state index is 0.0144. The Morgan fingerprint density at radius 1 is 1.20 bits per heavy atom. The number of nitriles is 1. The van der Waals surface area contributed by atoms with Gasteiger partial charge in [0.25, 0.3) is 0 Å². The zero-order valence-electron chi connectivity index (χ0n) is 14.5. The number of Topliss-reactive ketones (excluding diaryl/α,β-unsaturated/α-hetero) is 1. The van der Waals surface area contributed by atoms with E-state index >= 15 is 0 Å². The Hall–Kier alpha value is -2.24. The summed E-state index contributed by atoms with van der Waals surface area (Å²) in [6.07, 6.45) is 1.19. The standard InChI is InChI=1S/C17H22N2O5S/c1-4-12(5-2)19-25(22,23)15-10-8-7-9-13(15)16(20)14(11-18)17(21)24-6-3/h7-10,12,14,19H,4-6H2,1-3H3. The molecule has 0 saturated carbocycles. The van der Waals surface area contributed by atoms with Crippen molar-refractivity contribution in [2.75, 3.05) is 6.61 Å². The molecule has 25 heavy (non-hydrogen) atoms. The summed E-state index contributed by atoms with van der Waals surface area (Å²) in [5.74, 6) is -3.59. The summed E-state index contributed by atoms with van der Waals surface area (Å²) in [4.78, 5) is 24.1. The molecule has 0 aromatic heterocycles. The third-order valence-electron chi connectivity index (χ3n) is 3.66. The molecule has 0 fully saturated rings. The first-order chi connectivity index (χ1) is 11.8. The first-order valence-corrected chi connectivity index (χ1v) is 9.52. The molecule has 0 amide bonds. The average Bonchev–Trinajstić information content (AvgIpc) is 2.60. The van der Waals surface area contributed by atoms with Gasteiger partial charge in [-0.1, -0.05) is 26.0 Å². The molecule has 1 aromatic rings. The monoisotopic (exact) mass is 366 g/mol. The highest BCUT2D eigenvalue weighted by Gasteiger charge is 2.33. The lowest BCUT2D eigenvalue weighted by Crippen LogP contribution is -2.35. The van der Waals surface area contributed by atoms with Crippen molar-refractivity contribution in [2.24, 2.45) is 5.92 Å². The Bertz CT molecular complexity index is 763. The maximum Gasteiger partial charge on any atom is 0.331 e. The molecule has 0 radical (unpaired) electrons. The summed E-state index contributed by atoms with van der Waals surface area (Å²) in [5, 5.41) is 9.13. The summed E-state index contributed by atoms with van der Waals surface area (Å²) in [7, 11) is -3.97. The number of rotatable bonds is 9. The number of nitrogens with zero attached hydrogens (tertiary/aromatic N) is 1. The van der Waals surface area contributed by atoms with Crippen molar-refractivity contribution in [2.45, 2.75) is 44.6 Å². The van der Waals surface area contributed by atoms with Gasteiger partial charge < -0.3 is 4.74 Å². The van der Waals surface area contributed by atoms with Crippen molar-refractivity contribution >= 4 is 21.8 Å². The van der Waals surface area contributed by atoms with Crippen LogP contribution >= 0.6 is 0 Å². The van der Waals surface area contributed by atoms with E-state index < -0.39 is 27.7 Å². The maximum atomic E-state index is 12.6. The van der Waals surface area contributed by atoms with Crippen LogP contribution in [0, 0.1) is 17.2 Å². The predicted molar refractivity (Wildman–Crippen MR) is 91.2 cm³/mol. The molecule has 1 rings (SSSR count). The molecule has 1 atom stereocenters. The highest BCUT2D eigenvalue weighted by Crippen LogP contribution is 2.20. The zero-order valence-corrected chi connectivity index (χ0v) is 15.3. The van der Waals surface area contributed by atoms with Crippen molar-refractivity contribution in [3.63, 3.8) is 0 Å². The molecule has 1 unspecified atom stereocenters. The quantitative estimate of drug-likeness (QED) is 0.406. The van der Waals surface area contributed by atoms with Crippen molar-refractivity contribution in [3.05, 3.63) is 29.8 Å². The van der Waals surface area contributed by atoms with E-state index in [0.29, 0.717) is 12.8 Å². The number of hydrogen-bond acceptors (Lipinski definition) is 6. The number of esters is 1. The summed E-state index contributed by atoms with van der Waals surface area (Å²) in [6, 6.07) is 6.83. The van der Waals surface area contributed by atoms with Crippen molar-refractivity contribution in [1.82, 2.24) is 4.72 Å². The van der Waals surface area contributed by atoms with Crippen LogP contribution in [0.15, 0.2) is 29.2 Å². The SMILES string of the molecule is CCOC(=O)C(C#N)C(=O)c1ccccc1S(=O)(=O)NC(CC)CC. The molecular formula is C17H22N2O5S. The van der Waals surface area contributed by atoms with Gasteiger partial charge in [0, 0.05) is 11.6 Å². The van der Waals surface area contributed by atoms with E-state index in [-0.39, 0.29) is 23.1 Å². The Morgan fingerprint density at radius 2 is 1.80 bits per heavy atom. The fraction of sp³-hybridized carbons (Fsp3) is 0.471. The second kappa shape index (κ2) is 9.30. The number of carbonyl (C=O) groups is 2. The van der Waals surface area contributed by atoms with E-state index in [1.54, 1.807) is 13.0 Å². The molecule has 0 saturated heterocycles. The topological polar surface area (TPSA) is 113 Å². The average molecular weight is 366 g/mol. The number of carbonyl (C=O) groups excluding carboxylic acids is 2. The van der Waals surface area contributed by atoms with Crippen molar-refractivity contribution in [3.8, 4) is 6.07 Å². The van der Waals surface area contributed by atoms with Gasteiger partial charge in [-0.3, -0.25) is 9.59 Å². The van der Waals surface area contributed by atoms with Crippen molar-refractivity contribution in [1.29, 1.82) is 5.26 Å². The fourth-order valence-corrected chi connectivity index (χ4v) is 3.86. The summed E-state index contributed by atoms with van der Waals surface area (Å²) >= 11 is 0. The first-order valence-electron chi connectivity index (χ1n) is 8.04. The van der Waals surface area contributed by atoms with Gasteiger partial charge in [-0.25, -0.2) is 13.1 Å². The third-order valence-corrected chi connectivity index (χ3v) is 5.24. The lowest BCUT2D eigenvalue weighted by atomic mass is 9.99. The molecule has 1 aromatic carbocycles. The highest BCUT2D eigenvalue weighted by molar-refractivity contribution is 7.89. The number of sulfonamides is 1. The summed E-state index contributed by atoms with van der Waals surface area (Å²) < 4.78 is 32.5. The van der Waals surface area contributed by atoms with Crippen LogP contribution in [0.25, 0.3) is 0 Å². The maximum absolute atomic E-state index is 12.6. The molecule has 0 aliphatic rings. The van der Waals surface area contributed by atoms with E-state index in [9.17, 15) is 18.0 Å². The minimum Gasteiger partial charge on any atom is -0.465 e. The predicted octanol–water partition coefficient (Wildman–Crippen LogP) is 2.04. The lowest BCUT2D eigenvalue weighted by Gasteiger charge is -2.17. The third kappa shape index (κ3) is 5.11. The molecule has 7 nitrogen and oxygen atoms in total. The van der Waals surface area contributed by atoms with Gasteiger partial charge in [-0.05, 0) is 31.9 Å². The van der Waals surface area contributed by atoms with Crippen LogP contribution in [0.1, 0.15) is 44.0 Å². The van der Waals surface area contributed by atoms with Gasteiger partial charge >= 0.3 is 5.97 Å². The Morgan fingerprint density at radius 3 is 2.32 bits per heavy atom. The fourth-order valence-electron chi connectivity index (χ4n) is 2.24. The number of nitrogens with one attached hydrogen (secondary N) is 1. The van der Waals surface area contributed by atoms with Crippen LogP contribution in [-0.4, -0.2) is 32.8 Å². The molecule has 8 heteroatoms. The highest BCUT2D eigenvalue weighted by atomic mass is 32.2. The molecular weight excluding hydrogens is 344 g/mol. The Balaban J connectivity index is 3.30. The summed E-state index contributed by atoms with van der Waals surface area (Å²) in [5.41, 5.74) is -0.208. The largest absolute Gasteiger partial charge is 0.465 e. The zero-order chi connectivity index (χ0) is 19.0. The molecule has 1 N–H and O–H groups in total. The first kappa shape index (κ1) is 20.8. The number of hydrogen-bond donors (Lipinski definition) is 1. The summed E-state index contributed by atoms with van der Waals surface area (Å²) in [6.45, 7) is 5.26. The van der Waals surface area contributed by atoms with Gasteiger partial charge in [-0.15, -0.1) is 0 Å². The molecule has 0 aliphatic carbocycles. The van der Waals surface area contributed by atoms with Gasteiger partial charge in [0.1, 0.15) is 0 Å². The second-order valence-corrected chi connectivity index (χ2v) is 6.99. The number of ketones is 1. The normalized spacial score (nSPS) is 12.4. The molecule has 0 aliphatic heterocycles. The molecule has 0 spiro atoms. The molecule has 136 valence electrons. The van der Waals surface area contributed by atoms with Gasteiger partial charge in [0.2, 0.25) is 15.9 Å². The molecule has 0 bridgehead atoms. The van der Waals surface area contributed by atoms with E-state index in [2.05, 4.69) is 4.72 Å². The molecule has 0 heterocycles. The van der Waals surface area contributed by atoms with Gasteiger partial charge in [0.15, 0.2) is 5.78 Å². The van der Waals surface area contributed by atoms with Crippen LogP contribution in [0.4, 0.5) is 0 Å². The van der Waals surface area contributed by atoms with Crippen LogP contribution in [0.2, 0.25) is 0 Å². The Kier molecular flexibility index (Phi) is 7.74. The van der Waals surface area contributed by atoms with Crippen molar-refractivity contribution < 1.29 is 22.7 Å². The Labute approximate surface area is 148 Å². The van der Waals surface area contributed by atoms with Crippen LogP contribution in [0.3, 0.4) is 0 Å². The van der Waals surface area contributed by atoms with Gasteiger partial charge in [0.05, 0.1) is 17.6 Å². The van der Waals surface area contributed by atoms with E-state index in [0.717, 1.165) is 0 Å². The van der Waals surface area contributed by atoms with E-state index in [4.69, 9.17) is 10.00 Å². The number of benzene rings is 1. The van der Waals surface area contributed by atoms with Crippen LogP contribution < -0.4 is 4.72 Å². The van der Waals surface area contributed by atoms with E-state index in [1.165, 1.54) is 24.3 Å².